The van der Waals surface area contributed by atoms with E-state index in [4.69, 9.17) is 0 Å². The van der Waals surface area contributed by atoms with Gasteiger partial charge in [-0.2, -0.15) is 0 Å². The number of aryl methyl sites for hydroxylation is 1. The zero-order valence-electron chi connectivity index (χ0n) is 14.2. The zero-order chi connectivity index (χ0) is 17.4. The van der Waals surface area contributed by atoms with Crippen molar-refractivity contribution in [2.75, 3.05) is 6.54 Å². The molecule has 1 aliphatic rings. The second kappa shape index (κ2) is 6.44. The molecule has 5 nitrogen and oxygen atoms in total. The zero-order valence-corrected chi connectivity index (χ0v) is 14.2. The molecule has 25 heavy (non-hydrogen) atoms. The van der Waals surface area contributed by atoms with E-state index in [2.05, 4.69) is 26.8 Å². The van der Waals surface area contributed by atoms with Gasteiger partial charge in [-0.15, -0.1) is 0 Å². The summed E-state index contributed by atoms with van der Waals surface area (Å²) in [5.41, 5.74) is 3.61. The summed E-state index contributed by atoms with van der Waals surface area (Å²) in [7, 11) is 0. The minimum atomic E-state index is -0.242. The first-order valence-corrected chi connectivity index (χ1v) is 8.73. The average molecular weight is 340 g/mol. The first-order chi connectivity index (χ1) is 12.1. The Morgan fingerprint density at radius 1 is 1.36 bits per heavy atom. The van der Waals surface area contributed by atoms with Crippen LogP contribution in [0.1, 0.15) is 36.0 Å². The molecule has 0 spiro atoms. The number of nitrogens with one attached hydrogen (secondary N) is 2. The second-order valence-electron chi connectivity index (χ2n) is 6.65. The van der Waals surface area contributed by atoms with Gasteiger partial charge in [0.05, 0.1) is 11.3 Å². The summed E-state index contributed by atoms with van der Waals surface area (Å²) >= 11 is 0. The molecule has 0 unspecified atom stereocenters. The van der Waals surface area contributed by atoms with Crippen molar-refractivity contribution in [1.29, 1.82) is 0 Å². The summed E-state index contributed by atoms with van der Waals surface area (Å²) in [5, 5.41) is 1.03. The van der Waals surface area contributed by atoms with Crippen molar-refractivity contribution in [3.63, 3.8) is 0 Å². The van der Waals surface area contributed by atoms with Gasteiger partial charge < -0.3 is 9.97 Å². The molecule has 130 valence electrons. The number of hydrogen-bond acceptors (Lipinski definition) is 3. The summed E-state index contributed by atoms with van der Waals surface area (Å²) in [6.07, 6.45) is 4.48. The smallest absolute Gasteiger partial charge is 0.255 e. The van der Waals surface area contributed by atoms with E-state index < -0.39 is 0 Å². The molecule has 0 atom stereocenters. The molecule has 2 aromatic heterocycles. The minimum absolute atomic E-state index is 0.0147. The van der Waals surface area contributed by atoms with Crippen LogP contribution in [0.25, 0.3) is 10.9 Å². The van der Waals surface area contributed by atoms with E-state index in [0.717, 1.165) is 65.9 Å². The summed E-state index contributed by atoms with van der Waals surface area (Å²) < 4.78 is 13.3. The van der Waals surface area contributed by atoms with Crippen molar-refractivity contribution in [3.05, 3.63) is 63.2 Å². The maximum atomic E-state index is 13.3. The topological polar surface area (TPSA) is 64.8 Å². The predicted octanol–water partition coefficient (Wildman–Crippen LogP) is 2.90. The Hall–Kier alpha value is -2.47. The monoisotopic (exact) mass is 340 g/mol. The van der Waals surface area contributed by atoms with Crippen molar-refractivity contribution in [2.24, 2.45) is 0 Å². The van der Waals surface area contributed by atoms with E-state index in [9.17, 15) is 9.18 Å². The largest absolute Gasteiger partial charge is 0.361 e. The molecular formula is C19H21FN4O. The number of nitrogens with zero attached hydrogens (tertiary/aromatic N) is 2. The van der Waals surface area contributed by atoms with Gasteiger partial charge in [0.25, 0.3) is 5.56 Å². The lowest BCUT2D eigenvalue weighted by Crippen LogP contribution is -2.35. The number of halogens is 1. The van der Waals surface area contributed by atoms with E-state index in [1.54, 1.807) is 6.07 Å². The standard InChI is InChI=1S/C19H21FN4O/c1-2-3-18-22-16-6-7-24(11-15(16)19(25)23-18)10-12-9-21-17-8-13(20)4-5-14(12)17/h4-5,8-9,21H,2-3,6-7,10-11H2,1H3,(H,22,23,25). The van der Waals surface area contributed by atoms with Crippen LogP contribution in [0.5, 0.6) is 0 Å². The highest BCUT2D eigenvalue weighted by molar-refractivity contribution is 5.83. The lowest BCUT2D eigenvalue weighted by molar-refractivity contribution is 0.242. The van der Waals surface area contributed by atoms with Crippen LogP contribution < -0.4 is 5.56 Å². The summed E-state index contributed by atoms with van der Waals surface area (Å²) in [6, 6.07) is 4.79. The molecule has 2 N–H and O–H groups in total. The molecule has 0 amide bonds. The molecule has 3 heterocycles. The molecule has 0 bridgehead atoms. The van der Waals surface area contributed by atoms with Gasteiger partial charge in [-0.25, -0.2) is 9.37 Å². The molecule has 1 aliphatic heterocycles. The Bertz CT molecular complexity index is 975. The van der Waals surface area contributed by atoms with Crippen LogP contribution in [-0.2, 0) is 25.9 Å². The number of aromatic nitrogens is 3. The van der Waals surface area contributed by atoms with Gasteiger partial charge >= 0.3 is 0 Å². The predicted molar refractivity (Wildman–Crippen MR) is 94.9 cm³/mol. The van der Waals surface area contributed by atoms with Crippen molar-refractivity contribution in [1.82, 2.24) is 19.9 Å². The molecule has 0 fully saturated rings. The van der Waals surface area contributed by atoms with E-state index in [0.29, 0.717) is 6.54 Å². The van der Waals surface area contributed by atoms with Gasteiger partial charge in [0.2, 0.25) is 0 Å². The fraction of sp³-hybridized carbons (Fsp3) is 0.368. The molecule has 4 rings (SSSR count). The van der Waals surface area contributed by atoms with E-state index in [1.165, 1.54) is 12.1 Å². The Balaban J connectivity index is 1.57. The van der Waals surface area contributed by atoms with Crippen LogP contribution in [0.3, 0.4) is 0 Å². The number of H-pyrrole nitrogens is 2. The quantitative estimate of drug-likeness (QED) is 0.767. The van der Waals surface area contributed by atoms with Crippen LogP contribution >= 0.6 is 0 Å². The third kappa shape index (κ3) is 3.09. The van der Waals surface area contributed by atoms with Crippen LogP contribution in [0, 0.1) is 5.82 Å². The summed E-state index contributed by atoms with van der Waals surface area (Å²) in [6.45, 7) is 4.26. The number of rotatable bonds is 4. The highest BCUT2D eigenvalue weighted by atomic mass is 19.1. The molecule has 1 aromatic carbocycles. The average Bonchev–Trinajstić information content (AvgIpc) is 2.98. The second-order valence-corrected chi connectivity index (χ2v) is 6.65. The highest BCUT2D eigenvalue weighted by Crippen LogP contribution is 2.23. The fourth-order valence-corrected chi connectivity index (χ4v) is 3.55. The molecule has 0 saturated carbocycles. The van der Waals surface area contributed by atoms with E-state index in [-0.39, 0.29) is 11.4 Å². The molecule has 0 aliphatic carbocycles. The summed E-state index contributed by atoms with van der Waals surface area (Å²) in [4.78, 5) is 25.3. The van der Waals surface area contributed by atoms with Crippen LogP contribution in [0.15, 0.2) is 29.2 Å². The highest BCUT2D eigenvalue weighted by Gasteiger charge is 2.22. The Labute approximate surface area is 144 Å². The molecule has 0 saturated heterocycles. The van der Waals surface area contributed by atoms with Gasteiger partial charge in [0, 0.05) is 49.6 Å². The first kappa shape index (κ1) is 16.0. The van der Waals surface area contributed by atoms with Gasteiger partial charge in [-0.3, -0.25) is 9.69 Å². The van der Waals surface area contributed by atoms with Crippen LogP contribution in [-0.4, -0.2) is 26.4 Å². The molecule has 0 radical (unpaired) electrons. The van der Waals surface area contributed by atoms with Gasteiger partial charge in [-0.05, 0) is 30.2 Å². The minimum Gasteiger partial charge on any atom is -0.361 e. The maximum absolute atomic E-state index is 13.3. The van der Waals surface area contributed by atoms with Crippen molar-refractivity contribution in [2.45, 2.75) is 39.3 Å². The van der Waals surface area contributed by atoms with E-state index in [1.807, 2.05) is 6.20 Å². The van der Waals surface area contributed by atoms with Crippen molar-refractivity contribution < 1.29 is 4.39 Å². The third-order valence-corrected chi connectivity index (χ3v) is 4.81. The Morgan fingerprint density at radius 2 is 2.24 bits per heavy atom. The molecular weight excluding hydrogens is 319 g/mol. The van der Waals surface area contributed by atoms with Crippen molar-refractivity contribution in [3.8, 4) is 0 Å². The van der Waals surface area contributed by atoms with Crippen molar-refractivity contribution >= 4 is 10.9 Å². The molecule has 3 aromatic rings. The SMILES string of the molecule is CCCc1nc2c(c(=O)[nH]1)CN(Cc1c[nH]c3cc(F)ccc13)CC2. The lowest BCUT2D eigenvalue weighted by atomic mass is 10.1. The van der Waals surface area contributed by atoms with Crippen LogP contribution in [0.2, 0.25) is 0 Å². The van der Waals surface area contributed by atoms with Gasteiger partial charge in [0.15, 0.2) is 0 Å². The van der Waals surface area contributed by atoms with Gasteiger partial charge in [0.1, 0.15) is 11.6 Å². The Kier molecular flexibility index (Phi) is 4.13. The Morgan fingerprint density at radius 3 is 3.08 bits per heavy atom. The van der Waals surface area contributed by atoms with E-state index >= 15 is 0 Å². The van der Waals surface area contributed by atoms with Crippen LogP contribution in [0.4, 0.5) is 4.39 Å². The maximum Gasteiger partial charge on any atom is 0.255 e. The lowest BCUT2D eigenvalue weighted by Gasteiger charge is -2.27. The first-order valence-electron chi connectivity index (χ1n) is 8.73. The summed E-state index contributed by atoms with van der Waals surface area (Å²) in [5.74, 6) is 0.548. The normalized spacial score (nSPS) is 14.8. The third-order valence-electron chi connectivity index (χ3n) is 4.81. The fourth-order valence-electron chi connectivity index (χ4n) is 3.55. The number of hydrogen-bond donors (Lipinski definition) is 2. The molecule has 6 heteroatoms. The number of benzene rings is 1. The number of aromatic amines is 2. The van der Waals surface area contributed by atoms with Gasteiger partial charge in [-0.1, -0.05) is 6.92 Å². The number of fused-ring (bicyclic) bond motifs is 2.